The van der Waals surface area contributed by atoms with Crippen LogP contribution in [0.15, 0.2) is 103 Å². The molecule has 7 aromatic rings. The molecule has 8 rings (SSSR count). The van der Waals surface area contributed by atoms with E-state index in [4.69, 9.17) is 0 Å². The first-order valence-corrected chi connectivity index (χ1v) is 13.0. The second kappa shape index (κ2) is 6.62. The zero-order valence-electron chi connectivity index (χ0n) is 19.7. The van der Waals surface area contributed by atoms with Gasteiger partial charge in [0.15, 0.2) is 0 Å². The number of hydrogen-bond donors (Lipinski definition) is 0. The molecular weight excluding hydrogens is 442 g/mol. The maximum absolute atomic E-state index is 2.47. The Morgan fingerprint density at radius 1 is 0.543 bits per heavy atom. The zero-order valence-corrected chi connectivity index (χ0v) is 20.5. The van der Waals surface area contributed by atoms with Crippen molar-refractivity contribution in [2.75, 3.05) is 0 Å². The second-order valence-corrected chi connectivity index (χ2v) is 11.3. The molecule has 166 valence electrons. The van der Waals surface area contributed by atoms with E-state index in [-0.39, 0.29) is 5.41 Å². The molecule has 0 aliphatic heterocycles. The van der Waals surface area contributed by atoms with E-state index >= 15 is 0 Å². The molecule has 1 aliphatic carbocycles. The van der Waals surface area contributed by atoms with Crippen molar-refractivity contribution in [3.8, 4) is 16.8 Å². The van der Waals surface area contributed by atoms with Crippen molar-refractivity contribution < 1.29 is 0 Å². The normalized spacial score (nSPS) is 14.2. The van der Waals surface area contributed by atoms with Gasteiger partial charge in [-0.15, -0.1) is 11.3 Å². The van der Waals surface area contributed by atoms with Gasteiger partial charge >= 0.3 is 0 Å². The zero-order chi connectivity index (χ0) is 23.3. The van der Waals surface area contributed by atoms with Crippen LogP contribution in [0.1, 0.15) is 25.0 Å². The van der Waals surface area contributed by atoms with Gasteiger partial charge in [0.05, 0.1) is 11.0 Å². The minimum absolute atomic E-state index is 0.0170. The van der Waals surface area contributed by atoms with Crippen LogP contribution in [0.4, 0.5) is 0 Å². The van der Waals surface area contributed by atoms with Gasteiger partial charge in [0.1, 0.15) is 0 Å². The summed E-state index contributed by atoms with van der Waals surface area (Å²) < 4.78 is 5.15. The summed E-state index contributed by atoms with van der Waals surface area (Å²) in [6.45, 7) is 4.72. The summed E-state index contributed by atoms with van der Waals surface area (Å²) in [7, 11) is 0. The van der Waals surface area contributed by atoms with E-state index in [0.29, 0.717) is 0 Å². The Labute approximate surface area is 207 Å². The fourth-order valence-corrected chi connectivity index (χ4v) is 7.43. The molecule has 35 heavy (non-hydrogen) atoms. The predicted molar refractivity (Wildman–Crippen MR) is 151 cm³/mol. The average Bonchev–Trinajstić information content (AvgIpc) is 3.49. The lowest BCUT2D eigenvalue weighted by Gasteiger charge is -2.21. The van der Waals surface area contributed by atoms with Gasteiger partial charge in [0.2, 0.25) is 0 Å². The van der Waals surface area contributed by atoms with Gasteiger partial charge in [-0.1, -0.05) is 80.6 Å². The van der Waals surface area contributed by atoms with Gasteiger partial charge in [0.25, 0.3) is 0 Å². The maximum Gasteiger partial charge on any atom is 0.0544 e. The Hall–Kier alpha value is -3.88. The Morgan fingerprint density at radius 2 is 1.29 bits per heavy atom. The van der Waals surface area contributed by atoms with E-state index in [1.54, 1.807) is 0 Å². The molecule has 1 aliphatic rings. The molecule has 0 N–H and O–H groups in total. The highest BCUT2D eigenvalue weighted by Crippen LogP contribution is 2.51. The summed E-state index contributed by atoms with van der Waals surface area (Å²) in [5, 5.41) is 5.32. The molecule has 0 spiro atoms. The van der Waals surface area contributed by atoms with Crippen LogP contribution in [0.25, 0.3) is 58.8 Å². The van der Waals surface area contributed by atoms with E-state index in [9.17, 15) is 0 Å². The van der Waals surface area contributed by atoms with Crippen molar-refractivity contribution in [1.82, 2.24) is 4.57 Å². The monoisotopic (exact) mass is 465 g/mol. The first-order chi connectivity index (χ1) is 17.1. The molecule has 0 saturated heterocycles. The molecule has 1 nitrogen and oxygen atoms in total. The Bertz CT molecular complexity index is 1980. The Kier molecular flexibility index (Phi) is 3.67. The lowest BCUT2D eigenvalue weighted by Crippen LogP contribution is -2.14. The number of rotatable bonds is 1. The molecular formula is C33H23NS. The van der Waals surface area contributed by atoms with Crippen molar-refractivity contribution >= 4 is 53.3 Å². The number of para-hydroxylation sites is 1. The lowest BCUT2D eigenvalue weighted by molar-refractivity contribution is 0.661. The topological polar surface area (TPSA) is 4.93 Å². The fraction of sp³-hybridized carbons (Fsp3) is 0.0909. The molecule has 0 amide bonds. The highest BCUT2D eigenvalue weighted by atomic mass is 32.1. The van der Waals surface area contributed by atoms with E-state index in [2.05, 4.69) is 122 Å². The minimum Gasteiger partial charge on any atom is -0.309 e. The predicted octanol–water partition coefficient (Wildman–Crippen LogP) is 9.46. The van der Waals surface area contributed by atoms with Gasteiger partial charge in [-0.3, -0.25) is 0 Å². The van der Waals surface area contributed by atoms with Crippen LogP contribution in [0.2, 0.25) is 0 Å². The maximum atomic E-state index is 2.47. The number of nitrogens with zero attached hydrogens (tertiary/aromatic N) is 1. The first-order valence-electron chi connectivity index (χ1n) is 12.2. The largest absolute Gasteiger partial charge is 0.309 e. The molecule has 2 heterocycles. The molecule has 0 saturated carbocycles. The molecule has 2 heteroatoms. The molecule has 0 fully saturated rings. The fourth-order valence-electron chi connectivity index (χ4n) is 6.29. The van der Waals surface area contributed by atoms with Crippen LogP contribution in [0.5, 0.6) is 0 Å². The third-order valence-corrected chi connectivity index (χ3v) is 9.13. The highest BCUT2D eigenvalue weighted by Gasteiger charge is 2.36. The van der Waals surface area contributed by atoms with Gasteiger partial charge in [-0.25, -0.2) is 0 Å². The molecule has 0 bridgehead atoms. The minimum atomic E-state index is -0.0170. The quantitative estimate of drug-likeness (QED) is 0.227. The third kappa shape index (κ3) is 2.47. The number of aromatic nitrogens is 1. The summed E-state index contributed by atoms with van der Waals surface area (Å²) >= 11 is 1.88. The SMILES string of the molecule is CC1(C)c2ccccc2-c2cc3c4ccccc4n(-c4ccc5c(c4)sc4ccccc45)c3cc21. The highest BCUT2D eigenvalue weighted by molar-refractivity contribution is 7.25. The molecule has 0 atom stereocenters. The van der Waals surface area contributed by atoms with E-state index < -0.39 is 0 Å². The Morgan fingerprint density at radius 3 is 2.20 bits per heavy atom. The van der Waals surface area contributed by atoms with Crippen LogP contribution >= 0.6 is 11.3 Å². The lowest BCUT2D eigenvalue weighted by atomic mass is 9.82. The number of fused-ring (bicyclic) bond motifs is 9. The molecule has 5 aromatic carbocycles. The Balaban J connectivity index is 1.47. The third-order valence-electron chi connectivity index (χ3n) is 8.00. The van der Waals surface area contributed by atoms with E-state index in [1.165, 1.54) is 69.9 Å². The summed E-state index contributed by atoms with van der Waals surface area (Å²) in [5.74, 6) is 0. The second-order valence-electron chi connectivity index (χ2n) is 10.2. The number of hydrogen-bond acceptors (Lipinski definition) is 1. The molecule has 2 aromatic heterocycles. The van der Waals surface area contributed by atoms with Gasteiger partial charge in [-0.05, 0) is 58.7 Å². The summed E-state index contributed by atoms with van der Waals surface area (Å²) in [6, 6.07) is 38.3. The van der Waals surface area contributed by atoms with Crippen molar-refractivity contribution in [1.29, 1.82) is 0 Å². The summed E-state index contributed by atoms with van der Waals surface area (Å²) in [5.41, 5.74) is 9.34. The molecule has 0 radical (unpaired) electrons. The number of thiophene rings is 1. The van der Waals surface area contributed by atoms with Crippen molar-refractivity contribution in [3.63, 3.8) is 0 Å². The van der Waals surface area contributed by atoms with Crippen molar-refractivity contribution in [2.45, 2.75) is 19.3 Å². The first kappa shape index (κ1) is 19.4. The standard InChI is InChI=1S/C33H23NS/c1-33(2)27-12-6-3-9-21(27)25-18-26-22-10-4-7-13-29(22)34(30(26)19-28(25)33)20-15-16-24-23-11-5-8-14-31(23)35-32(24)17-20/h3-19H,1-2H3. The van der Waals surface area contributed by atoms with Crippen LogP contribution in [-0.4, -0.2) is 4.57 Å². The van der Waals surface area contributed by atoms with Crippen molar-refractivity contribution in [3.05, 3.63) is 114 Å². The average molecular weight is 466 g/mol. The van der Waals surface area contributed by atoms with Gasteiger partial charge in [0, 0.05) is 42.0 Å². The molecule has 0 unspecified atom stereocenters. The van der Waals surface area contributed by atoms with Crippen LogP contribution in [-0.2, 0) is 5.41 Å². The van der Waals surface area contributed by atoms with Crippen LogP contribution in [0, 0.1) is 0 Å². The van der Waals surface area contributed by atoms with Crippen molar-refractivity contribution in [2.24, 2.45) is 0 Å². The van der Waals surface area contributed by atoms with Crippen LogP contribution < -0.4 is 0 Å². The van der Waals surface area contributed by atoms with Gasteiger partial charge < -0.3 is 4.57 Å². The summed E-state index contributed by atoms with van der Waals surface area (Å²) in [6.07, 6.45) is 0. The number of benzene rings is 5. The van der Waals surface area contributed by atoms with Crippen LogP contribution in [0.3, 0.4) is 0 Å². The van der Waals surface area contributed by atoms with Gasteiger partial charge in [-0.2, -0.15) is 0 Å². The summed E-state index contributed by atoms with van der Waals surface area (Å²) in [4.78, 5) is 0. The smallest absolute Gasteiger partial charge is 0.0544 e. The van der Waals surface area contributed by atoms with E-state index in [1.807, 2.05) is 11.3 Å². The van der Waals surface area contributed by atoms with E-state index in [0.717, 1.165) is 0 Å².